The second-order valence-corrected chi connectivity index (χ2v) is 6.39. The molecule has 0 aliphatic heterocycles. The molecule has 0 bridgehead atoms. The summed E-state index contributed by atoms with van der Waals surface area (Å²) >= 11 is 0. The van der Waals surface area contributed by atoms with Gasteiger partial charge in [0.25, 0.3) is 0 Å². The Labute approximate surface area is 152 Å². The number of hydrogen-bond donors (Lipinski definition) is 2. The fraction of sp³-hybridized carbons (Fsp3) is 0.300. The minimum Gasteiger partial charge on any atom is -0.496 e. The average molecular weight is 358 g/mol. The topological polar surface area (TPSA) is 67.4 Å². The van der Waals surface area contributed by atoms with Gasteiger partial charge in [-0.3, -0.25) is 9.59 Å². The average Bonchev–Trinajstić information content (AvgIpc) is 2.65. The van der Waals surface area contributed by atoms with Gasteiger partial charge in [0, 0.05) is 24.2 Å². The van der Waals surface area contributed by atoms with Gasteiger partial charge in [-0.15, -0.1) is 0 Å². The first-order valence-corrected chi connectivity index (χ1v) is 8.28. The first-order valence-electron chi connectivity index (χ1n) is 8.28. The number of hydrogen-bond acceptors (Lipinski definition) is 3. The van der Waals surface area contributed by atoms with Crippen molar-refractivity contribution in [3.05, 3.63) is 65.5 Å². The van der Waals surface area contributed by atoms with Crippen LogP contribution in [-0.2, 0) is 22.7 Å². The van der Waals surface area contributed by atoms with Gasteiger partial charge in [-0.2, -0.15) is 0 Å². The molecule has 0 radical (unpaired) electrons. The second-order valence-electron chi connectivity index (χ2n) is 6.39. The molecule has 2 aromatic rings. The van der Waals surface area contributed by atoms with Crippen LogP contribution in [-0.4, -0.2) is 18.9 Å². The summed E-state index contributed by atoms with van der Waals surface area (Å²) in [5.41, 5.74) is -0.121. The third-order valence-electron chi connectivity index (χ3n) is 4.16. The summed E-state index contributed by atoms with van der Waals surface area (Å²) in [6, 6.07) is 13.5. The van der Waals surface area contributed by atoms with Crippen molar-refractivity contribution in [3.63, 3.8) is 0 Å². The van der Waals surface area contributed by atoms with Gasteiger partial charge < -0.3 is 15.4 Å². The largest absolute Gasteiger partial charge is 0.496 e. The van der Waals surface area contributed by atoms with E-state index in [0.29, 0.717) is 11.3 Å². The van der Waals surface area contributed by atoms with E-state index in [4.69, 9.17) is 4.74 Å². The zero-order valence-electron chi connectivity index (χ0n) is 15.1. The molecule has 0 aliphatic carbocycles. The molecule has 0 aliphatic rings. The summed E-state index contributed by atoms with van der Waals surface area (Å²) in [7, 11) is 1.56. The second kappa shape index (κ2) is 8.47. The molecule has 0 aromatic heterocycles. The Kier molecular flexibility index (Phi) is 6.33. The quantitative estimate of drug-likeness (QED) is 0.748. The van der Waals surface area contributed by atoms with Crippen LogP contribution in [0, 0.1) is 11.2 Å². The summed E-state index contributed by atoms with van der Waals surface area (Å²) in [4.78, 5) is 24.9. The van der Waals surface area contributed by atoms with Gasteiger partial charge in [0.2, 0.25) is 11.8 Å². The van der Waals surface area contributed by atoms with Crippen molar-refractivity contribution in [2.75, 3.05) is 7.11 Å². The number of ether oxygens (including phenoxy) is 1. The van der Waals surface area contributed by atoms with Gasteiger partial charge in [-0.05, 0) is 26.0 Å². The van der Waals surface area contributed by atoms with Crippen LogP contribution in [0.4, 0.5) is 4.39 Å². The smallest absolute Gasteiger partial charge is 0.235 e. The van der Waals surface area contributed by atoms with Crippen LogP contribution < -0.4 is 15.4 Å². The number of benzene rings is 2. The van der Waals surface area contributed by atoms with Crippen molar-refractivity contribution in [1.82, 2.24) is 10.6 Å². The number of rotatable bonds is 7. The number of carbonyl (C=O) groups is 2. The maximum atomic E-state index is 13.6. The van der Waals surface area contributed by atoms with Crippen LogP contribution in [0.2, 0.25) is 0 Å². The number of para-hydroxylation sites is 1. The first kappa shape index (κ1) is 19.4. The fourth-order valence-electron chi connectivity index (χ4n) is 2.39. The lowest BCUT2D eigenvalue weighted by atomic mass is 9.91. The normalized spacial score (nSPS) is 10.9. The number of nitrogens with one attached hydrogen (secondary N) is 2. The number of amides is 2. The van der Waals surface area contributed by atoms with Gasteiger partial charge in [0.1, 0.15) is 17.0 Å². The van der Waals surface area contributed by atoms with Crippen LogP contribution in [0.25, 0.3) is 0 Å². The molecular formula is C20H23FN2O3. The van der Waals surface area contributed by atoms with E-state index in [1.165, 1.54) is 19.9 Å². The molecule has 0 fully saturated rings. The Balaban J connectivity index is 1.95. The minimum atomic E-state index is -1.30. The van der Waals surface area contributed by atoms with Crippen molar-refractivity contribution >= 4 is 11.8 Å². The van der Waals surface area contributed by atoms with Crippen LogP contribution in [0.5, 0.6) is 5.75 Å². The molecule has 2 N–H and O–H groups in total. The molecule has 2 amide bonds. The van der Waals surface area contributed by atoms with E-state index in [0.717, 1.165) is 5.56 Å². The van der Waals surface area contributed by atoms with E-state index < -0.39 is 23.0 Å². The Hall–Kier alpha value is -2.89. The molecule has 0 saturated heterocycles. The van der Waals surface area contributed by atoms with Crippen molar-refractivity contribution < 1.29 is 18.7 Å². The Morgan fingerprint density at radius 2 is 1.42 bits per heavy atom. The molecule has 0 atom stereocenters. The Bertz CT molecular complexity index is 790. The summed E-state index contributed by atoms with van der Waals surface area (Å²) in [6.07, 6.45) is 0. The van der Waals surface area contributed by atoms with E-state index in [1.54, 1.807) is 31.4 Å². The molecule has 6 heteroatoms. The van der Waals surface area contributed by atoms with Crippen LogP contribution in [0.1, 0.15) is 25.0 Å². The van der Waals surface area contributed by atoms with Crippen molar-refractivity contribution in [1.29, 1.82) is 0 Å². The first-order chi connectivity index (χ1) is 12.4. The lowest BCUT2D eigenvalue weighted by molar-refractivity contribution is -0.141. The van der Waals surface area contributed by atoms with E-state index in [1.807, 2.05) is 18.2 Å². The highest BCUT2D eigenvalue weighted by Crippen LogP contribution is 2.19. The number of methoxy groups -OCH3 is 1. The zero-order chi connectivity index (χ0) is 19.2. The maximum Gasteiger partial charge on any atom is 0.235 e. The van der Waals surface area contributed by atoms with E-state index >= 15 is 0 Å². The van der Waals surface area contributed by atoms with Gasteiger partial charge in [0.05, 0.1) is 7.11 Å². The number of carbonyl (C=O) groups excluding carboxylic acids is 2. The highest BCUT2D eigenvalue weighted by Gasteiger charge is 2.35. The lowest BCUT2D eigenvalue weighted by Crippen LogP contribution is -2.47. The van der Waals surface area contributed by atoms with Gasteiger partial charge >= 0.3 is 0 Å². The molecule has 0 unspecified atom stereocenters. The van der Waals surface area contributed by atoms with Gasteiger partial charge in [-0.1, -0.05) is 36.4 Å². The molecule has 0 spiro atoms. The Morgan fingerprint density at radius 3 is 2.00 bits per heavy atom. The lowest BCUT2D eigenvalue weighted by Gasteiger charge is -2.23. The summed E-state index contributed by atoms with van der Waals surface area (Å²) in [6.45, 7) is 3.32. The molecule has 0 saturated carbocycles. The molecular weight excluding hydrogens is 335 g/mol. The van der Waals surface area contributed by atoms with E-state index in [2.05, 4.69) is 10.6 Å². The van der Waals surface area contributed by atoms with E-state index in [9.17, 15) is 14.0 Å². The summed E-state index contributed by atoms with van der Waals surface area (Å²) in [5.74, 6) is -0.631. The van der Waals surface area contributed by atoms with Crippen LogP contribution in [0.3, 0.4) is 0 Å². The molecule has 2 aromatic carbocycles. The summed E-state index contributed by atoms with van der Waals surface area (Å²) in [5, 5.41) is 5.37. The molecule has 2 rings (SSSR count). The van der Waals surface area contributed by atoms with E-state index in [-0.39, 0.29) is 13.1 Å². The highest BCUT2D eigenvalue weighted by atomic mass is 19.1. The van der Waals surface area contributed by atoms with Crippen LogP contribution >= 0.6 is 0 Å². The predicted molar refractivity (Wildman–Crippen MR) is 96.9 cm³/mol. The molecule has 26 heavy (non-hydrogen) atoms. The standard InChI is InChI=1S/C20H23FN2O3/c1-20(2,18(24)22-12-14-8-4-6-10-16(14)21)19(25)23-13-15-9-5-7-11-17(15)26-3/h4-11H,12-13H2,1-3H3,(H,22,24)(H,23,25). The predicted octanol–water partition coefficient (Wildman–Crippen LogP) is 2.79. The van der Waals surface area contributed by atoms with Crippen molar-refractivity contribution in [2.24, 2.45) is 5.41 Å². The maximum absolute atomic E-state index is 13.6. The minimum absolute atomic E-state index is 0.0225. The fourth-order valence-corrected chi connectivity index (χ4v) is 2.39. The Morgan fingerprint density at radius 1 is 0.923 bits per heavy atom. The third-order valence-corrected chi connectivity index (χ3v) is 4.16. The summed E-state index contributed by atoms with van der Waals surface area (Å²) < 4.78 is 18.9. The molecule has 138 valence electrons. The zero-order valence-corrected chi connectivity index (χ0v) is 15.1. The van der Waals surface area contributed by atoms with Crippen molar-refractivity contribution in [2.45, 2.75) is 26.9 Å². The monoisotopic (exact) mass is 358 g/mol. The van der Waals surface area contributed by atoms with Crippen molar-refractivity contribution in [3.8, 4) is 5.75 Å². The van der Waals surface area contributed by atoms with Crippen LogP contribution in [0.15, 0.2) is 48.5 Å². The van der Waals surface area contributed by atoms with Gasteiger partial charge in [-0.25, -0.2) is 4.39 Å². The highest BCUT2D eigenvalue weighted by molar-refractivity contribution is 6.04. The SMILES string of the molecule is COc1ccccc1CNC(=O)C(C)(C)C(=O)NCc1ccccc1F. The third kappa shape index (κ3) is 4.59. The molecule has 5 nitrogen and oxygen atoms in total. The molecule has 0 heterocycles. The van der Waals surface area contributed by atoms with Gasteiger partial charge in [0.15, 0.2) is 0 Å². The number of halogens is 1.